The highest BCUT2D eigenvalue weighted by atomic mass is 32.1. The van der Waals surface area contributed by atoms with E-state index in [0.29, 0.717) is 12.8 Å². The van der Waals surface area contributed by atoms with E-state index in [1.807, 2.05) is 12.1 Å². The van der Waals surface area contributed by atoms with Crippen LogP contribution in [0, 0.1) is 0 Å². The van der Waals surface area contributed by atoms with Crippen LogP contribution in [0.2, 0.25) is 0 Å². The fourth-order valence-corrected chi connectivity index (χ4v) is 3.44. The van der Waals surface area contributed by atoms with Crippen molar-refractivity contribution in [3.05, 3.63) is 40.9 Å². The molecule has 120 valence electrons. The van der Waals surface area contributed by atoms with Crippen molar-refractivity contribution in [2.24, 2.45) is 0 Å². The number of ether oxygens (including phenoxy) is 1. The molecule has 1 aliphatic rings. The zero-order valence-electron chi connectivity index (χ0n) is 13.1. The molecule has 23 heavy (non-hydrogen) atoms. The van der Waals surface area contributed by atoms with Gasteiger partial charge in [0, 0.05) is 17.4 Å². The molecule has 1 heterocycles. The Balaban J connectivity index is 1.70. The molecule has 4 nitrogen and oxygen atoms in total. The number of carbonyl (C=O) groups excluding carboxylic acids is 2. The summed E-state index contributed by atoms with van der Waals surface area (Å²) in [6, 6.07) is 8.15. The lowest BCUT2D eigenvalue weighted by molar-refractivity contribution is -0.129. The van der Waals surface area contributed by atoms with Crippen molar-refractivity contribution in [2.45, 2.75) is 45.1 Å². The minimum absolute atomic E-state index is 0.0233. The van der Waals surface area contributed by atoms with Crippen molar-refractivity contribution in [3.63, 3.8) is 0 Å². The van der Waals surface area contributed by atoms with Crippen LogP contribution in [0.15, 0.2) is 29.6 Å². The van der Waals surface area contributed by atoms with Crippen LogP contribution in [0.3, 0.4) is 0 Å². The number of hydrogen-bond acceptors (Lipinski definition) is 5. The molecule has 1 fully saturated rings. The number of hydrogen-bond donors (Lipinski definition) is 0. The number of esters is 1. The summed E-state index contributed by atoms with van der Waals surface area (Å²) >= 11 is 1.41. The number of Topliss-reactive ketones (excluding diaryl/α,β-unsaturated/α-hetero) is 1. The zero-order valence-corrected chi connectivity index (χ0v) is 13.9. The molecule has 1 aromatic heterocycles. The molecule has 0 saturated heterocycles. The standard InChI is InChI=1S/C18H19NO3S/c1-2-12-7-9-13(10-8-12)17-19-14(11-23-17)18(21)22-16-6-4-3-5-15(16)20/h7-11,16H,2-6H2,1H3/t16-/m0/s1. The van der Waals surface area contributed by atoms with Crippen molar-refractivity contribution >= 4 is 23.1 Å². The smallest absolute Gasteiger partial charge is 0.358 e. The number of thiazole rings is 1. The average Bonchev–Trinajstić information content (AvgIpc) is 3.07. The summed E-state index contributed by atoms with van der Waals surface area (Å²) in [4.78, 5) is 28.3. The zero-order chi connectivity index (χ0) is 16.2. The van der Waals surface area contributed by atoms with Gasteiger partial charge >= 0.3 is 5.97 Å². The molecule has 3 rings (SSSR count). The van der Waals surface area contributed by atoms with Crippen LogP contribution in [-0.2, 0) is 16.0 Å². The van der Waals surface area contributed by atoms with Gasteiger partial charge in [0.1, 0.15) is 5.01 Å². The van der Waals surface area contributed by atoms with Gasteiger partial charge in [-0.05, 0) is 31.2 Å². The van der Waals surface area contributed by atoms with Gasteiger partial charge in [0.2, 0.25) is 0 Å². The molecule has 0 N–H and O–H groups in total. The second-order valence-corrected chi connectivity index (χ2v) is 6.55. The third-order valence-corrected chi connectivity index (χ3v) is 4.96. The third kappa shape index (κ3) is 3.67. The SMILES string of the molecule is CCc1ccc(-c2nc(C(=O)O[C@H]3CCCCC3=O)cs2)cc1. The largest absolute Gasteiger partial charge is 0.450 e. The van der Waals surface area contributed by atoms with Crippen LogP contribution in [0.5, 0.6) is 0 Å². The number of rotatable bonds is 4. The van der Waals surface area contributed by atoms with Gasteiger partial charge in [0.05, 0.1) is 0 Å². The lowest BCUT2D eigenvalue weighted by Gasteiger charge is -2.19. The Morgan fingerprint density at radius 2 is 2.09 bits per heavy atom. The summed E-state index contributed by atoms with van der Waals surface area (Å²) in [6.07, 6.45) is 3.34. The Morgan fingerprint density at radius 3 is 2.78 bits per heavy atom. The highest BCUT2D eigenvalue weighted by Crippen LogP contribution is 2.25. The van der Waals surface area contributed by atoms with Gasteiger partial charge in [-0.25, -0.2) is 9.78 Å². The van der Waals surface area contributed by atoms with Crippen LogP contribution >= 0.6 is 11.3 Å². The van der Waals surface area contributed by atoms with Crippen LogP contribution in [0.4, 0.5) is 0 Å². The van der Waals surface area contributed by atoms with Crippen molar-refractivity contribution in [1.29, 1.82) is 0 Å². The molecule has 1 aliphatic carbocycles. The first-order chi connectivity index (χ1) is 11.2. The van der Waals surface area contributed by atoms with E-state index >= 15 is 0 Å². The Morgan fingerprint density at radius 1 is 1.30 bits per heavy atom. The maximum Gasteiger partial charge on any atom is 0.358 e. The predicted molar refractivity (Wildman–Crippen MR) is 89.6 cm³/mol. The molecule has 1 saturated carbocycles. The van der Waals surface area contributed by atoms with Crippen LogP contribution in [-0.4, -0.2) is 22.8 Å². The number of aromatic nitrogens is 1. The summed E-state index contributed by atoms with van der Waals surface area (Å²) in [5.74, 6) is -0.479. The first-order valence-corrected chi connectivity index (χ1v) is 8.84. The number of carbonyl (C=O) groups is 2. The fraction of sp³-hybridized carbons (Fsp3) is 0.389. The molecule has 0 unspecified atom stereocenters. The molecule has 1 atom stereocenters. The monoisotopic (exact) mass is 329 g/mol. The van der Waals surface area contributed by atoms with E-state index in [4.69, 9.17) is 4.74 Å². The Bertz CT molecular complexity index is 705. The summed E-state index contributed by atoms with van der Waals surface area (Å²) in [5, 5.41) is 2.48. The maximum absolute atomic E-state index is 12.2. The van der Waals surface area contributed by atoms with Crippen molar-refractivity contribution in [2.75, 3.05) is 0 Å². The van der Waals surface area contributed by atoms with Crippen molar-refractivity contribution < 1.29 is 14.3 Å². The number of benzene rings is 1. The highest BCUT2D eigenvalue weighted by molar-refractivity contribution is 7.13. The van der Waals surface area contributed by atoms with Gasteiger partial charge in [-0.2, -0.15) is 0 Å². The number of nitrogens with zero attached hydrogens (tertiary/aromatic N) is 1. The van der Waals surface area contributed by atoms with E-state index in [0.717, 1.165) is 29.8 Å². The van der Waals surface area contributed by atoms with E-state index in [1.54, 1.807) is 5.38 Å². The van der Waals surface area contributed by atoms with Crippen LogP contribution < -0.4 is 0 Å². The van der Waals surface area contributed by atoms with Gasteiger partial charge in [0.15, 0.2) is 17.6 Å². The molecule has 0 radical (unpaired) electrons. The normalized spacial score (nSPS) is 18.0. The molecule has 0 amide bonds. The fourth-order valence-electron chi connectivity index (χ4n) is 2.65. The predicted octanol–water partition coefficient (Wildman–Crippen LogP) is 4.04. The third-order valence-electron chi connectivity index (χ3n) is 4.07. The Labute approximate surface area is 139 Å². The second kappa shape index (κ2) is 7.04. The first-order valence-electron chi connectivity index (χ1n) is 7.96. The van der Waals surface area contributed by atoms with Gasteiger partial charge in [0.25, 0.3) is 0 Å². The van der Waals surface area contributed by atoms with Crippen molar-refractivity contribution in [3.8, 4) is 10.6 Å². The van der Waals surface area contributed by atoms with E-state index in [-0.39, 0.29) is 11.5 Å². The lowest BCUT2D eigenvalue weighted by Crippen LogP contribution is -2.30. The number of aryl methyl sites for hydroxylation is 1. The van der Waals surface area contributed by atoms with E-state index < -0.39 is 12.1 Å². The van der Waals surface area contributed by atoms with Crippen LogP contribution in [0.1, 0.15) is 48.7 Å². The Hall–Kier alpha value is -2.01. The van der Waals surface area contributed by atoms with Crippen LogP contribution in [0.25, 0.3) is 10.6 Å². The maximum atomic E-state index is 12.2. The first kappa shape index (κ1) is 15.9. The second-order valence-electron chi connectivity index (χ2n) is 5.69. The molecule has 1 aromatic carbocycles. The minimum Gasteiger partial charge on any atom is -0.450 e. The van der Waals surface area contributed by atoms with E-state index in [2.05, 4.69) is 24.0 Å². The van der Waals surface area contributed by atoms with E-state index in [9.17, 15) is 9.59 Å². The molecule has 0 aliphatic heterocycles. The quantitative estimate of drug-likeness (QED) is 0.794. The van der Waals surface area contributed by atoms with Gasteiger partial charge < -0.3 is 4.74 Å². The van der Waals surface area contributed by atoms with Gasteiger partial charge in [-0.15, -0.1) is 11.3 Å². The summed E-state index contributed by atoms with van der Waals surface area (Å²) in [7, 11) is 0. The summed E-state index contributed by atoms with van der Waals surface area (Å²) in [5.41, 5.74) is 2.53. The minimum atomic E-state index is -0.592. The topological polar surface area (TPSA) is 56.3 Å². The number of ketones is 1. The molecular formula is C18H19NO3S. The highest BCUT2D eigenvalue weighted by Gasteiger charge is 2.27. The van der Waals surface area contributed by atoms with E-state index in [1.165, 1.54) is 16.9 Å². The van der Waals surface area contributed by atoms with Gasteiger partial charge in [-0.3, -0.25) is 4.79 Å². The average molecular weight is 329 g/mol. The lowest BCUT2D eigenvalue weighted by atomic mass is 9.96. The van der Waals surface area contributed by atoms with Crippen molar-refractivity contribution in [1.82, 2.24) is 4.98 Å². The Kier molecular flexibility index (Phi) is 4.86. The summed E-state index contributed by atoms with van der Waals surface area (Å²) < 4.78 is 5.33. The molecule has 0 spiro atoms. The summed E-state index contributed by atoms with van der Waals surface area (Å²) in [6.45, 7) is 2.11. The molecule has 2 aromatic rings. The van der Waals surface area contributed by atoms with Gasteiger partial charge in [-0.1, -0.05) is 31.2 Å². The molecule has 5 heteroatoms. The molecule has 0 bridgehead atoms. The molecular weight excluding hydrogens is 310 g/mol.